The molecule has 228 valence electrons. The van der Waals surface area contributed by atoms with Gasteiger partial charge in [0.25, 0.3) is 0 Å². The van der Waals surface area contributed by atoms with Crippen LogP contribution >= 0.6 is 11.3 Å². The highest BCUT2D eigenvalue weighted by Crippen LogP contribution is 2.43. The number of aromatic nitrogens is 2. The minimum atomic E-state index is 0.348. The fraction of sp³-hybridized carbons (Fsp3) is 0. The Kier molecular flexibility index (Phi) is 5.18. The highest BCUT2D eigenvalue weighted by molar-refractivity contribution is 7.25. The van der Waals surface area contributed by atoms with Crippen molar-refractivity contribution in [2.24, 2.45) is 0 Å². The molecule has 3 heterocycles. The van der Waals surface area contributed by atoms with Gasteiger partial charge in [0.15, 0.2) is 0 Å². The first-order valence-electron chi connectivity index (χ1n) is 17.6. The third-order valence-electron chi connectivity index (χ3n) is 10.1. The topological polar surface area (TPSA) is 9.86 Å². The van der Waals surface area contributed by atoms with Crippen molar-refractivity contribution in [2.45, 2.75) is 0 Å². The van der Waals surface area contributed by atoms with Gasteiger partial charge in [-0.3, -0.25) is 0 Å². The molecule has 3 heteroatoms. The lowest BCUT2D eigenvalue weighted by atomic mass is 10.0. The molecule has 3 aromatic heterocycles. The Morgan fingerprint density at radius 3 is 2.04 bits per heavy atom. The lowest BCUT2D eigenvalue weighted by Gasteiger charge is -2.12. The van der Waals surface area contributed by atoms with Gasteiger partial charge >= 0.3 is 0 Å². The highest BCUT2D eigenvalue weighted by Gasteiger charge is 2.20. The average molecular weight is 643 g/mol. The van der Waals surface area contributed by atoms with E-state index >= 15 is 0 Å². The van der Waals surface area contributed by atoms with Crippen LogP contribution in [-0.2, 0) is 0 Å². The molecule has 0 saturated heterocycles. The number of thiophene rings is 1. The van der Waals surface area contributed by atoms with E-state index in [1.807, 2.05) is 18.2 Å². The monoisotopic (exact) mass is 642 g/mol. The molecule has 0 unspecified atom stereocenters. The van der Waals surface area contributed by atoms with E-state index in [-0.39, 0.29) is 0 Å². The molecule has 0 aliphatic heterocycles. The van der Waals surface area contributed by atoms with Crippen molar-refractivity contribution in [3.63, 3.8) is 0 Å². The summed E-state index contributed by atoms with van der Waals surface area (Å²) in [7, 11) is 0. The molecular weight excluding hydrogens is 613 g/mol. The number of hydrogen-bond donors (Lipinski definition) is 0. The fourth-order valence-corrected chi connectivity index (χ4v) is 9.01. The first-order chi connectivity index (χ1) is 25.1. The van der Waals surface area contributed by atoms with Gasteiger partial charge in [0, 0.05) is 53.1 Å². The Labute approximate surface area is 289 Å². The Hall–Kier alpha value is -6.16. The van der Waals surface area contributed by atoms with Crippen LogP contribution in [-0.4, -0.2) is 9.13 Å². The van der Waals surface area contributed by atoms with E-state index in [0.29, 0.717) is 17.8 Å². The second-order valence-electron chi connectivity index (χ2n) is 12.8. The normalized spacial score (nSPS) is 12.7. The van der Waals surface area contributed by atoms with Gasteiger partial charge < -0.3 is 9.13 Å². The molecule has 0 radical (unpaired) electrons. The SMILES string of the molecule is [2H]c1cc2c(sc3ccccc32)c([2H])c1-n1c2ccccc2c2cc3c4c5ccccc5ccc4n(-c4cccc(-c5ccccc5)c4)c3cc21. The minimum absolute atomic E-state index is 0.348. The molecule has 0 bridgehead atoms. The number of nitrogens with zero attached hydrogens (tertiary/aromatic N) is 2. The summed E-state index contributed by atoms with van der Waals surface area (Å²) >= 11 is 1.64. The summed E-state index contributed by atoms with van der Waals surface area (Å²) in [6.07, 6.45) is 0. The maximum atomic E-state index is 9.63. The van der Waals surface area contributed by atoms with Crippen LogP contribution < -0.4 is 0 Å². The Bertz CT molecular complexity index is 3220. The molecular formula is C46H28N2S. The van der Waals surface area contributed by atoms with Crippen molar-refractivity contribution in [2.75, 3.05) is 0 Å². The molecule has 0 fully saturated rings. The second-order valence-corrected chi connectivity index (χ2v) is 13.8. The third kappa shape index (κ3) is 3.88. The number of hydrogen-bond acceptors (Lipinski definition) is 1. The standard InChI is InChI=1S/C46H28N2S/c1-2-11-29(12-3-1)31-14-10-15-32(25-31)48-41-24-21-30-13-4-5-16-34(30)46(41)39-27-38-35-17-6-8-19-40(35)47(42(38)28-43(39)48)33-22-23-37-36-18-7-9-20-44(36)49-45(37)26-33/h1-28H/i22D,26D. The number of rotatable bonds is 3. The van der Waals surface area contributed by atoms with Crippen LogP contribution in [0, 0.1) is 0 Å². The van der Waals surface area contributed by atoms with E-state index < -0.39 is 0 Å². The van der Waals surface area contributed by atoms with Gasteiger partial charge in [-0.15, -0.1) is 11.3 Å². The van der Waals surface area contributed by atoms with Crippen molar-refractivity contribution in [3.8, 4) is 22.5 Å². The molecule has 0 amide bonds. The summed E-state index contributed by atoms with van der Waals surface area (Å²) in [6, 6.07) is 56.5. The van der Waals surface area contributed by atoms with Gasteiger partial charge in [0.05, 0.1) is 24.8 Å². The van der Waals surface area contributed by atoms with Crippen molar-refractivity contribution >= 4 is 85.9 Å². The summed E-state index contributed by atoms with van der Waals surface area (Å²) in [6.45, 7) is 0. The Morgan fingerprint density at radius 2 is 1.12 bits per heavy atom. The zero-order valence-corrected chi connectivity index (χ0v) is 27.1. The smallest absolute Gasteiger partial charge is 0.0660 e. The summed E-state index contributed by atoms with van der Waals surface area (Å²) in [5.41, 5.74) is 8.24. The van der Waals surface area contributed by atoms with Crippen molar-refractivity contribution in [1.82, 2.24) is 9.13 Å². The molecule has 0 atom stereocenters. The first kappa shape index (κ1) is 24.9. The van der Waals surface area contributed by atoms with Crippen LogP contribution in [0.15, 0.2) is 170 Å². The molecule has 11 aromatic rings. The zero-order chi connectivity index (χ0) is 33.8. The Balaban J connectivity index is 1.29. The van der Waals surface area contributed by atoms with E-state index in [1.165, 1.54) is 27.1 Å². The number of benzene rings is 8. The predicted octanol–water partition coefficient (Wildman–Crippen LogP) is 13.1. The molecule has 2 nitrogen and oxygen atoms in total. The molecule has 8 aromatic carbocycles. The summed E-state index contributed by atoms with van der Waals surface area (Å²) < 4.78 is 25.6. The average Bonchev–Trinajstić information content (AvgIpc) is 3.82. The van der Waals surface area contributed by atoms with Crippen LogP contribution in [0.4, 0.5) is 0 Å². The van der Waals surface area contributed by atoms with E-state index in [4.69, 9.17) is 0 Å². The molecule has 11 rings (SSSR count). The molecule has 0 saturated carbocycles. The van der Waals surface area contributed by atoms with Crippen molar-refractivity contribution in [3.05, 3.63) is 170 Å². The summed E-state index contributed by atoms with van der Waals surface area (Å²) in [5.74, 6) is 0. The van der Waals surface area contributed by atoms with Gasteiger partial charge in [0.1, 0.15) is 0 Å². The molecule has 0 aliphatic rings. The second kappa shape index (κ2) is 10.2. The van der Waals surface area contributed by atoms with Gasteiger partial charge in [-0.05, 0) is 76.4 Å². The van der Waals surface area contributed by atoms with E-state index in [1.54, 1.807) is 11.3 Å². The Morgan fingerprint density at radius 1 is 0.408 bits per heavy atom. The first-order valence-corrected chi connectivity index (χ1v) is 17.4. The summed E-state index contributed by atoms with van der Waals surface area (Å²) in [5, 5.41) is 9.13. The van der Waals surface area contributed by atoms with Gasteiger partial charge in [-0.25, -0.2) is 0 Å². The number of fused-ring (bicyclic) bond motifs is 11. The molecule has 49 heavy (non-hydrogen) atoms. The lowest BCUT2D eigenvalue weighted by Crippen LogP contribution is -1.96. The minimum Gasteiger partial charge on any atom is -0.309 e. The summed E-state index contributed by atoms with van der Waals surface area (Å²) in [4.78, 5) is 0. The van der Waals surface area contributed by atoms with E-state index in [2.05, 4.69) is 149 Å². The molecule has 0 spiro atoms. The fourth-order valence-electron chi connectivity index (χ4n) is 7.93. The maximum Gasteiger partial charge on any atom is 0.0660 e. The maximum absolute atomic E-state index is 9.63. The van der Waals surface area contributed by atoms with Gasteiger partial charge in [-0.2, -0.15) is 0 Å². The third-order valence-corrected chi connectivity index (χ3v) is 11.2. The van der Waals surface area contributed by atoms with E-state index in [0.717, 1.165) is 64.3 Å². The predicted molar refractivity (Wildman–Crippen MR) is 211 cm³/mol. The lowest BCUT2D eigenvalue weighted by molar-refractivity contribution is 1.17. The molecule has 0 aliphatic carbocycles. The van der Waals surface area contributed by atoms with E-state index in [9.17, 15) is 2.74 Å². The van der Waals surface area contributed by atoms with Gasteiger partial charge in [0.2, 0.25) is 0 Å². The van der Waals surface area contributed by atoms with Crippen molar-refractivity contribution in [1.29, 1.82) is 0 Å². The largest absolute Gasteiger partial charge is 0.309 e. The van der Waals surface area contributed by atoms with Crippen molar-refractivity contribution < 1.29 is 2.74 Å². The van der Waals surface area contributed by atoms with Crippen LogP contribution in [0.3, 0.4) is 0 Å². The molecule has 0 N–H and O–H groups in total. The van der Waals surface area contributed by atoms with Gasteiger partial charge in [-0.1, -0.05) is 115 Å². The highest BCUT2D eigenvalue weighted by atomic mass is 32.1. The van der Waals surface area contributed by atoms with Crippen LogP contribution in [0.5, 0.6) is 0 Å². The van der Waals surface area contributed by atoms with Crippen LogP contribution in [0.2, 0.25) is 0 Å². The van der Waals surface area contributed by atoms with Crippen LogP contribution in [0.25, 0.3) is 97.1 Å². The van der Waals surface area contributed by atoms with Crippen LogP contribution in [0.1, 0.15) is 2.74 Å². The zero-order valence-electron chi connectivity index (χ0n) is 28.3. The quantitative estimate of drug-likeness (QED) is 0.181. The number of para-hydroxylation sites is 1.